The van der Waals surface area contributed by atoms with Gasteiger partial charge in [0.05, 0.1) is 11.5 Å². The van der Waals surface area contributed by atoms with Gasteiger partial charge in [-0.1, -0.05) is 28.4 Å². The van der Waals surface area contributed by atoms with E-state index in [4.69, 9.17) is 9.16 Å². The largest absolute Gasteiger partial charge is 0.461 e. The zero-order chi connectivity index (χ0) is 18.3. The highest BCUT2D eigenvalue weighted by molar-refractivity contribution is 9.09. The predicted molar refractivity (Wildman–Crippen MR) is 105 cm³/mol. The van der Waals surface area contributed by atoms with Gasteiger partial charge in [0.2, 0.25) is 0 Å². The van der Waals surface area contributed by atoms with E-state index in [0.717, 1.165) is 30.6 Å². The van der Waals surface area contributed by atoms with Crippen LogP contribution >= 0.6 is 15.9 Å². The van der Waals surface area contributed by atoms with Crippen LogP contribution < -0.4 is 0 Å². The van der Waals surface area contributed by atoms with Crippen molar-refractivity contribution in [3.8, 4) is 0 Å². The quantitative estimate of drug-likeness (QED) is 0.267. The average molecular weight is 417 g/mol. The first-order valence-electron chi connectivity index (χ1n) is 9.06. The number of fused-ring (bicyclic) bond motifs is 1. The second-order valence-corrected chi connectivity index (χ2v) is 15.0. The molecule has 0 spiro atoms. The molecule has 3 atom stereocenters. The Balaban J connectivity index is 2.19. The molecular weight excluding hydrogens is 384 g/mol. The van der Waals surface area contributed by atoms with Crippen LogP contribution in [0.3, 0.4) is 0 Å². The molecule has 0 aromatic carbocycles. The Kier molecular flexibility index (Phi) is 5.79. The Morgan fingerprint density at radius 2 is 1.96 bits per heavy atom. The first-order chi connectivity index (χ1) is 10.9. The molecule has 0 heterocycles. The standard InChI is InChI=1S/C19H33BrO3Si/c1-13-14-8-9-16(22-17(21)18(2,3)4)19(14,5)11-10-15(13)23-24(6,7)12-20/h15-16H,8-12H2,1-7H3/t15-,16-,19-/m0/s1. The van der Waals surface area contributed by atoms with E-state index >= 15 is 0 Å². The van der Waals surface area contributed by atoms with E-state index in [1.54, 1.807) is 0 Å². The van der Waals surface area contributed by atoms with Crippen molar-refractivity contribution in [2.24, 2.45) is 10.8 Å². The van der Waals surface area contributed by atoms with Crippen molar-refractivity contribution >= 4 is 30.2 Å². The Hall–Kier alpha value is -0.133. The van der Waals surface area contributed by atoms with Gasteiger partial charge < -0.3 is 9.16 Å². The molecule has 2 aliphatic rings. The number of hydrogen-bond donors (Lipinski definition) is 0. The Bertz CT molecular complexity index is 535. The lowest BCUT2D eigenvalue weighted by molar-refractivity contribution is -0.163. The maximum Gasteiger partial charge on any atom is 0.311 e. The molecule has 0 radical (unpaired) electrons. The number of carbonyl (C=O) groups excluding carboxylic acids is 1. The zero-order valence-corrected chi connectivity index (χ0v) is 18.9. The van der Waals surface area contributed by atoms with Crippen molar-refractivity contribution in [1.29, 1.82) is 0 Å². The van der Waals surface area contributed by atoms with E-state index in [1.807, 2.05) is 20.8 Å². The van der Waals surface area contributed by atoms with Crippen LogP contribution in [-0.2, 0) is 14.0 Å². The van der Waals surface area contributed by atoms with Crippen molar-refractivity contribution in [1.82, 2.24) is 0 Å². The summed E-state index contributed by atoms with van der Waals surface area (Å²) in [6, 6.07) is 0. The third-order valence-electron chi connectivity index (χ3n) is 5.59. The summed E-state index contributed by atoms with van der Waals surface area (Å²) in [6.07, 6.45) is 4.29. The molecule has 2 rings (SSSR count). The van der Waals surface area contributed by atoms with E-state index < -0.39 is 13.7 Å². The highest BCUT2D eigenvalue weighted by atomic mass is 79.9. The molecule has 0 N–H and O–H groups in total. The van der Waals surface area contributed by atoms with Crippen molar-refractivity contribution in [3.63, 3.8) is 0 Å². The molecule has 0 bridgehead atoms. The summed E-state index contributed by atoms with van der Waals surface area (Å²) in [4.78, 5) is 13.3. The van der Waals surface area contributed by atoms with Gasteiger partial charge in [0.25, 0.3) is 0 Å². The van der Waals surface area contributed by atoms with Crippen LogP contribution in [-0.4, -0.2) is 31.4 Å². The lowest BCUT2D eigenvalue weighted by Crippen LogP contribution is -2.43. The second-order valence-electron chi connectivity index (χ2n) is 9.30. The van der Waals surface area contributed by atoms with Crippen molar-refractivity contribution in [3.05, 3.63) is 11.1 Å². The molecule has 24 heavy (non-hydrogen) atoms. The van der Waals surface area contributed by atoms with E-state index in [-0.39, 0.29) is 23.6 Å². The highest BCUT2D eigenvalue weighted by Crippen LogP contribution is 2.53. The molecular formula is C19H33BrO3Si. The van der Waals surface area contributed by atoms with Crippen molar-refractivity contribution in [2.45, 2.75) is 85.6 Å². The summed E-state index contributed by atoms with van der Waals surface area (Å²) in [5.74, 6) is -0.0844. The van der Waals surface area contributed by atoms with Gasteiger partial charge in [0.1, 0.15) is 6.10 Å². The fourth-order valence-electron chi connectivity index (χ4n) is 3.93. The second kappa shape index (κ2) is 6.88. The fraction of sp³-hybridized carbons (Fsp3) is 0.842. The van der Waals surface area contributed by atoms with Crippen LogP contribution in [0.25, 0.3) is 0 Å². The van der Waals surface area contributed by atoms with Gasteiger partial charge in [-0.25, -0.2) is 0 Å². The minimum Gasteiger partial charge on any atom is -0.461 e. The van der Waals surface area contributed by atoms with Gasteiger partial charge in [0.15, 0.2) is 8.32 Å². The Morgan fingerprint density at radius 1 is 1.33 bits per heavy atom. The first-order valence-corrected chi connectivity index (χ1v) is 13.3. The van der Waals surface area contributed by atoms with Crippen molar-refractivity contribution < 1.29 is 14.0 Å². The molecule has 1 saturated carbocycles. The first kappa shape index (κ1) is 20.2. The van der Waals surface area contributed by atoms with E-state index in [9.17, 15) is 4.79 Å². The van der Waals surface area contributed by atoms with Crippen LogP contribution in [0.1, 0.15) is 60.3 Å². The Morgan fingerprint density at radius 3 is 2.50 bits per heavy atom. The van der Waals surface area contributed by atoms with Gasteiger partial charge in [0, 0.05) is 10.4 Å². The number of carbonyl (C=O) groups is 1. The molecule has 138 valence electrons. The zero-order valence-electron chi connectivity index (χ0n) is 16.3. The van der Waals surface area contributed by atoms with Gasteiger partial charge >= 0.3 is 5.97 Å². The molecule has 0 unspecified atom stereocenters. The highest BCUT2D eigenvalue weighted by Gasteiger charge is 2.50. The van der Waals surface area contributed by atoms with Gasteiger partial charge in [-0.15, -0.1) is 0 Å². The summed E-state index contributed by atoms with van der Waals surface area (Å²) >= 11 is 3.60. The fourth-order valence-corrected chi connectivity index (χ4v) is 5.46. The van der Waals surface area contributed by atoms with Crippen LogP contribution in [0.4, 0.5) is 0 Å². The lowest BCUT2D eigenvalue weighted by atomic mass is 9.71. The van der Waals surface area contributed by atoms with Crippen LogP contribution in [0.2, 0.25) is 13.1 Å². The number of esters is 1. The topological polar surface area (TPSA) is 35.5 Å². The van der Waals surface area contributed by atoms with Crippen LogP contribution in [0, 0.1) is 10.8 Å². The van der Waals surface area contributed by atoms with Crippen LogP contribution in [0.5, 0.6) is 0 Å². The molecule has 0 aromatic heterocycles. The molecule has 3 nitrogen and oxygen atoms in total. The summed E-state index contributed by atoms with van der Waals surface area (Å²) < 4.78 is 12.4. The summed E-state index contributed by atoms with van der Waals surface area (Å²) in [5.41, 5.74) is 2.42. The van der Waals surface area contributed by atoms with Gasteiger partial charge in [-0.05, 0) is 72.0 Å². The third-order valence-corrected chi connectivity index (χ3v) is 11.2. The number of rotatable bonds is 4. The van der Waals surface area contributed by atoms with E-state index in [0.29, 0.717) is 0 Å². The molecule has 2 aliphatic carbocycles. The molecule has 0 aromatic rings. The monoisotopic (exact) mass is 416 g/mol. The van der Waals surface area contributed by atoms with Gasteiger partial charge in [-0.2, -0.15) is 0 Å². The summed E-state index contributed by atoms with van der Waals surface area (Å²) in [5, 5.41) is 0. The molecule has 0 aliphatic heterocycles. The van der Waals surface area contributed by atoms with Crippen molar-refractivity contribution in [2.75, 3.05) is 4.95 Å². The van der Waals surface area contributed by atoms with Crippen LogP contribution in [0.15, 0.2) is 11.1 Å². The van der Waals surface area contributed by atoms with Gasteiger partial charge in [-0.3, -0.25) is 4.79 Å². The summed E-state index contributed by atoms with van der Waals surface area (Å²) in [6.45, 7) is 14.8. The van der Waals surface area contributed by atoms with E-state index in [1.165, 1.54) is 11.1 Å². The molecule has 0 saturated heterocycles. The summed E-state index contributed by atoms with van der Waals surface area (Å²) in [7, 11) is -1.65. The predicted octanol–water partition coefficient (Wildman–Crippen LogP) is 5.38. The third kappa shape index (κ3) is 3.99. The molecule has 0 amide bonds. The smallest absolute Gasteiger partial charge is 0.311 e. The number of alkyl halides is 1. The number of ether oxygens (including phenoxy) is 1. The average Bonchev–Trinajstić information content (AvgIpc) is 2.79. The number of halogens is 1. The minimum atomic E-state index is -1.65. The maximum absolute atomic E-state index is 12.3. The maximum atomic E-state index is 12.3. The van der Waals surface area contributed by atoms with E-state index in [2.05, 4.69) is 42.9 Å². The molecule has 1 fully saturated rings. The minimum absolute atomic E-state index is 0.00897. The normalized spacial score (nSPS) is 31.2. The molecule has 5 heteroatoms. The number of hydrogen-bond acceptors (Lipinski definition) is 3. The Labute approximate surface area is 156 Å². The SMILES string of the molecule is CC1=C2CC[C@H](OC(=O)C(C)(C)C)[C@@]2(C)CC[C@@H]1O[Si](C)(C)CBr. The lowest BCUT2D eigenvalue weighted by Gasteiger charge is -2.42.